The molecule has 0 atom stereocenters. The molecule has 0 N–H and O–H groups in total. The van der Waals surface area contributed by atoms with Crippen LogP contribution in [0, 0.1) is 0 Å². The molecule has 0 saturated carbocycles. The minimum absolute atomic E-state index is 0.0780. The molecule has 2 aromatic carbocycles. The van der Waals surface area contributed by atoms with Gasteiger partial charge in [-0.2, -0.15) is 0 Å². The summed E-state index contributed by atoms with van der Waals surface area (Å²) in [6, 6.07) is 24.4. The molecule has 1 amide bonds. The van der Waals surface area contributed by atoms with Gasteiger partial charge in [-0.1, -0.05) is 60.7 Å². The van der Waals surface area contributed by atoms with Gasteiger partial charge in [0, 0.05) is 44.5 Å². The van der Waals surface area contributed by atoms with Gasteiger partial charge in [-0.05, 0) is 23.3 Å². The minimum atomic E-state index is 0.0780. The zero-order valence-electron chi connectivity index (χ0n) is 16.5. The van der Waals surface area contributed by atoms with Crippen LogP contribution in [0.3, 0.4) is 0 Å². The maximum atomic E-state index is 13.1. The molecule has 148 valence electrons. The number of hydrogen-bond acceptors (Lipinski definition) is 3. The maximum Gasteiger partial charge on any atom is 0.223 e. The second-order valence-corrected chi connectivity index (χ2v) is 7.46. The maximum absolute atomic E-state index is 13.1. The highest BCUT2D eigenvalue weighted by atomic mass is 16.5. The van der Waals surface area contributed by atoms with Crippen molar-refractivity contribution >= 4 is 5.91 Å². The molecule has 0 unspecified atom stereocenters. The third-order valence-electron chi connectivity index (χ3n) is 5.51. The topological polar surface area (TPSA) is 42.4 Å². The Kier molecular flexibility index (Phi) is 6.20. The number of aromatic nitrogens is 1. The summed E-state index contributed by atoms with van der Waals surface area (Å²) in [6.07, 6.45) is 5.81. The fraction of sp³-hybridized carbons (Fsp3) is 0.280. The Morgan fingerprint density at radius 1 is 0.931 bits per heavy atom. The average molecular weight is 386 g/mol. The van der Waals surface area contributed by atoms with E-state index in [2.05, 4.69) is 29.2 Å². The quantitative estimate of drug-likeness (QED) is 0.618. The van der Waals surface area contributed by atoms with Crippen molar-refractivity contribution < 1.29 is 9.53 Å². The molecule has 1 aliphatic heterocycles. The third-order valence-corrected chi connectivity index (χ3v) is 5.51. The van der Waals surface area contributed by atoms with Crippen molar-refractivity contribution in [1.29, 1.82) is 0 Å². The summed E-state index contributed by atoms with van der Waals surface area (Å²) in [5, 5.41) is 0. The number of carbonyl (C=O) groups is 1. The molecule has 1 saturated heterocycles. The number of amides is 1. The van der Waals surface area contributed by atoms with Crippen LogP contribution in [0.4, 0.5) is 0 Å². The summed E-state index contributed by atoms with van der Waals surface area (Å²) in [5.41, 5.74) is 2.36. The molecule has 2 heterocycles. The van der Waals surface area contributed by atoms with E-state index in [0.29, 0.717) is 6.42 Å². The Morgan fingerprint density at radius 2 is 1.55 bits per heavy atom. The van der Waals surface area contributed by atoms with Crippen molar-refractivity contribution in [2.45, 2.75) is 31.3 Å². The summed E-state index contributed by atoms with van der Waals surface area (Å²) >= 11 is 0. The summed E-state index contributed by atoms with van der Waals surface area (Å²) in [7, 11) is 0. The van der Waals surface area contributed by atoms with E-state index in [-0.39, 0.29) is 17.9 Å². The van der Waals surface area contributed by atoms with Gasteiger partial charge in [0.15, 0.2) is 0 Å². The van der Waals surface area contributed by atoms with Crippen LogP contribution < -0.4 is 4.74 Å². The number of piperidine rings is 1. The van der Waals surface area contributed by atoms with Gasteiger partial charge in [0.2, 0.25) is 5.91 Å². The zero-order valence-corrected chi connectivity index (χ0v) is 16.5. The predicted octanol–water partition coefficient (Wildman–Crippen LogP) is 4.67. The second-order valence-electron chi connectivity index (χ2n) is 7.46. The van der Waals surface area contributed by atoms with Crippen molar-refractivity contribution in [3.63, 3.8) is 0 Å². The summed E-state index contributed by atoms with van der Waals surface area (Å²) in [5.74, 6) is 1.09. The normalized spacial score (nSPS) is 14.7. The Morgan fingerprint density at radius 3 is 2.10 bits per heavy atom. The first-order chi connectivity index (χ1) is 14.3. The van der Waals surface area contributed by atoms with Crippen LogP contribution in [-0.4, -0.2) is 35.0 Å². The van der Waals surface area contributed by atoms with E-state index in [1.807, 2.05) is 53.4 Å². The van der Waals surface area contributed by atoms with Crippen LogP contribution in [0.15, 0.2) is 85.2 Å². The van der Waals surface area contributed by atoms with E-state index in [1.165, 1.54) is 11.1 Å². The lowest BCUT2D eigenvalue weighted by molar-refractivity contribution is -0.133. The highest BCUT2D eigenvalue weighted by molar-refractivity contribution is 5.78. The van der Waals surface area contributed by atoms with Crippen molar-refractivity contribution in [2.75, 3.05) is 13.1 Å². The molecule has 0 bridgehead atoms. The van der Waals surface area contributed by atoms with Crippen molar-refractivity contribution in [1.82, 2.24) is 9.88 Å². The molecule has 4 nitrogen and oxygen atoms in total. The molecular weight excluding hydrogens is 360 g/mol. The lowest BCUT2D eigenvalue weighted by Gasteiger charge is -2.33. The molecule has 3 aromatic rings. The fourth-order valence-electron chi connectivity index (χ4n) is 3.93. The highest BCUT2D eigenvalue weighted by Crippen LogP contribution is 2.29. The van der Waals surface area contributed by atoms with Crippen LogP contribution in [-0.2, 0) is 4.79 Å². The van der Waals surface area contributed by atoms with Crippen LogP contribution in [0.25, 0.3) is 0 Å². The average Bonchev–Trinajstić information content (AvgIpc) is 2.80. The fourth-order valence-corrected chi connectivity index (χ4v) is 3.93. The molecule has 4 heteroatoms. The molecule has 4 rings (SSSR count). The molecule has 1 aromatic heterocycles. The second kappa shape index (κ2) is 9.37. The number of benzene rings is 2. The first-order valence-electron chi connectivity index (χ1n) is 10.2. The summed E-state index contributed by atoms with van der Waals surface area (Å²) in [4.78, 5) is 19.2. The van der Waals surface area contributed by atoms with Gasteiger partial charge in [0.25, 0.3) is 0 Å². The number of nitrogens with zero attached hydrogens (tertiary/aromatic N) is 2. The van der Waals surface area contributed by atoms with Crippen molar-refractivity contribution in [3.05, 3.63) is 96.3 Å². The molecular formula is C25H26N2O2. The summed E-state index contributed by atoms with van der Waals surface area (Å²) in [6.45, 7) is 1.47. The first kappa shape index (κ1) is 19.2. The number of likely N-dealkylation sites (tertiary alicyclic amines) is 1. The van der Waals surface area contributed by atoms with Gasteiger partial charge in [0.1, 0.15) is 11.9 Å². The molecule has 0 radical (unpaired) electrons. The van der Waals surface area contributed by atoms with Crippen LogP contribution in [0.1, 0.15) is 36.3 Å². The Bertz CT molecular complexity index is 852. The van der Waals surface area contributed by atoms with E-state index in [9.17, 15) is 4.79 Å². The largest absolute Gasteiger partial charge is 0.489 e. The van der Waals surface area contributed by atoms with Crippen LogP contribution in [0.5, 0.6) is 5.75 Å². The Balaban J connectivity index is 1.39. The summed E-state index contributed by atoms with van der Waals surface area (Å²) < 4.78 is 6.00. The van der Waals surface area contributed by atoms with Crippen molar-refractivity contribution in [3.8, 4) is 5.75 Å². The van der Waals surface area contributed by atoms with Gasteiger partial charge in [0.05, 0.1) is 6.20 Å². The number of pyridine rings is 1. The van der Waals surface area contributed by atoms with Crippen LogP contribution in [0.2, 0.25) is 0 Å². The minimum Gasteiger partial charge on any atom is -0.489 e. The smallest absolute Gasteiger partial charge is 0.223 e. The predicted molar refractivity (Wildman–Crippen MR) is 114 cm³/mol. The van der Waals surface area contributed by atoms with Gasteiger partial charge in [-0.3, -0.25) is 9.78 Å². The lowest BCUT2D eigenvalue weighted by Crippen LogP contribution is -2.42. The SMILES string of the molecule is O=C(CC(c1ccccc1)c1ccccc1)N1CCC(Oc2cccnc2)CC1. The number of ether oxygens (including phenoxy) is 1. The van der Waals surface area contributed by atoms with E-state index in [0.717, 1.165) is 31.7 Å². The van der Waals surface area contributed by atoms with E-state index in [1.54, 1.807) is 12.4 Å². The number of carbonyl (C=O) groups excluding carboxylic acids is 1. The van der Waals surface area contributed by atoms with E-state index >= 15 is 0 Å². The van der Waals surface area contributed by atoms with Gasteiger partial charge >= 0.3 is 0 Å². The van der Waals surface area contributed by atoms with Crippen LogP contribution >= 0.6 is 0 Å². The van der Waals surface area contributed by atoms with Gasteiger partial charge < -0.3 is 9.64 Å². The monoisotopic (exact) mass is 386 g/mol. The third kappa shape index (κ3) is 5.02. The molecule has 1 fully saturated rings. The molecule has 0 aliphatic carbocycles. The number of rotatable bonds is 6. The van der Waals surface area contributed by atoms with E-state index < -0.39 is 0 Å². The molecule has 1 aliphatic rings. The number of hydrogen-bond donors (Lipinski definition) is 0. The van der Waals surface area contributed by atoms with E-state index in [4.69, 9.17) is 4.74 Å². The standard InChI is InChI=1S/C25H26N2O2/c28-25(27-16-13-22(14-17-27)29-23-12-7-15-26-19-23)18-24(20-8-3-1-4-9-20)21-10-5-2-6-11-21/h1-12,15,19,22,24H,13-14,16-18H2. The Labute approximate surface area is 172 Å². The Hall–Kier alpha value is -3.14. The zero-order chi connectivity index (χ0) is 19.9. The van der Waals surface area contributed by atoms with Gasteiger partial charge in [-0.15, -0.1) is 0 Å². The highest BCUT2D eigenvalue weighted by Gasteiger charge is 2.26. The molecule has 0 spiro atoms. The molecule has 29 heavy (non-hydrogen) atoms. The van der Waals surface area contributed by atoms with Crippen molar-refractivity contribution in [2.24, 2.45) is 0 Å². The van der Waals surface area contributed by atoms with Gasteiger partial charge in [-0.25, -0.2) is 0 Å². The lowest BCUT2D eigenvalue weighted by atomic mass is 9.88. The first-order valence-corrected chi connectivity index (χ1v) is 10.2.